The Labute approximate surface area is 194 Å². The van der Waals surface area contributed by atoms with Crippen molar-refractivity contribution in [3.63, 3.8) is 0 Å². The van der Waals surface area contributed by atoms with Crippen molar-refractivity contribution in [1.29, 1.82) is 0 Å². The van der Waals surface area contributed by atoms with Crippen LogP contribution in [-0.2, 0) is 6.54 Å². The van der Waals surface area contributed by atoms with E-state index in [-0.39, 0.29) is 5.91 Å². The van der Waals surface area contributed by atoms with Gasteiger partial charge in [-0.25, -0.2) is 9.67 Å². The maximum absolute atomic E-state index is 13.2. The molecule has 1 saturated carbocycles. The molecule has 2 aromatic heterocycles. The molecule has 0 atom stereocenters. The number of amides is 1. The van der Waals surface area contributed by atoms with Crippen molar-refractivity contribution in [2.75, 3.05) is 27.3 Å². The van der Waals surface area contributed by atoms with Gasteiger partial charge in [-0.3, -0.25) is 4.79 Å². The Kier molecular flexibility index (Phi) is 5.96. The van der Waals surface area contributed by atoms with E-state index in [1.165, 1.54) is 32.1 Å². The maximum Gasteiger partial charge on any atom is 0.255 e. The van der Waals surface area contributed by atoms with Gasteiger partial charge < -0.3 is 14.4 Å². The van der Waals surface area contributed by atoms with E-state index in [4.69, 9.17) is 9.47 Å². The van der Waals surface area contributed by atoms with Crippen molar-refractivity contribution in [3.05, 3.63) is 47.8 Å². The van der Waals surface area contributed by atoms with E-state index in [0.29, 0.717) is 17.5 Å². The van der Waals surface area contributed by atoms with Crippen LogP contribution in [0.4, 0.5) is 0 Å². The lowest BCUT2D eigenvalue weighted by Crippen LogP contribution is -2.43. The maximum atomic E-state index is 13.2. The quantitative estimate of drug-likeness (QED) is 0.567. The molecule has 3 heterocycles. The van der Waals surface area contributed by atoms with Crippen LogP contribution in [0, 0.1) is 5.41 Å². The topological polar surface area (TPSA) is 69.5 Å². The van der Waals surface area contributed by atoms with E-state index >= 15 is 0 Å². The minimum Gasteiger partial charge on any atom is -0.497 e. The lowest BCUT2D eigenvalue weighted by Gasteiger charge is -2.44. The number of pyridine rings is 1. The van der Waals surface area contributed by atoms with E-state index < -0.39 is 0 Å². The van der Waals surface area contributed by atoms with E-state index in [1.807, 2.05) is 33.8 Å². The number of piperidine rings is 1. The van der Waals surface area contributed by atoms with Gasteiger partial charge in [0.1, 0.15) is 11.5 Å². The van der Waals surface area contributed by atoms with E-state index in [1.54, 1.807) is 26.6 Å². The van der Waals surface area contributed by atoms with Gasteiger partial charge >= 0.3 is 0 Å². The van der Waals surface area contributed by atoms with Crippen molar-refractivity contribution in [1.82, 2.24) is 19.7 Å². The highest BCUT2D eigenvalue weighted by Crippen LogP contribution is 2.44. The fraction of sp³-hybridized carbons (Fsp3) is 0.500. The van der Waals surface area contributed by atoms with Crippen LogP contribution in [0.15, 0.2) is 36.7 Å². The summed E-state index contributed by atoms with van der Waals surface area (Å²) in [7, 11) is 3.28. The number of carbonyl (C=O) groups is 1. The second-order valence-corrected chi connectivity index (χ2v) is 9.47. The summed E-state index contributed by atoms with van der Waals surface area (Å²) >= 11 is 0. The SMILES string of the molecule is COc1ccc(Cn2ncc3cc(C(=O)N4CCC5(CCCCC5)CC4)cnc32)c(OC)c1. The molecule has 174 valence electrons. The Bertz CT molecular complexity index is 1140. The highest BCUT2D eigenvalue weighted by atomic mass is 16.5. The molecule has 2 aliphatic rings. The highest BCUT2D eigenvalue weighted by Gasteiger charge is 2.36. The summed E-state index contributed by atoms with van der Waals surface area (Å²) in [6.45, 7) is 2.23. The predicted molar refractivity (Wildman–Crippen MR) is 127 cm³/mol. The Morgan fingerprint density at radius 2 is 1.79 bits per heavy atom. The molecule has 2 fully saturated rings. The minimum atomic E-state index is 0.0830. The van der Waals surface area contributed by atoms with Crippen molar-refractivity contribution in [2.45, 2.75) is 51.5 Å². The average Bonchev–Trinajstić information content (AvgIpc) is 3.26. The smallest absolute Gasteiger partial charge is 0.255 e. The minimum absolute atomic E-state index is 0.0830. The summed E-state index contributed by atoms with van der Waals surface area (Å²) in [5.41, 5.74) is 2.86. The number of nitrogens with zero attached hydrogens (tertiary/aromatic N) is 4. The average molecular weight is 449 g/mol. The van der Waals surface area contributed by atoms with Crippen LogP contribution in [-0.4, -0.2) is 52.9 Å². The van der Waals surface area contributed by atoms with Crippen molar-refractivity contribution in [3.8, 4) is 11.5 Å². The van der Waals surface area contributed by atoms with E-state index in [9.17, 15) is 4.79 Å². The van der Waals surface area contributed by atoms with E-state index in [2.05, 4.69) is 10.1 Å². The molecule has 0 unspecified atom stereocenters. The van der Waals surface area contributed by atoms with Crippen LogP contribution in [0.5, 0.6) is 11.5 Å². The Morgan fingerprint density at radius 1 is 1.00 bits per heavy atom. The first-order valence-electron chi connectivity index (χ1n) is 11.9. The molecule has 1 saturated heterocycles. The zero-order chi connectivity index (χ0) is 22.8. The molecule has 1 aliphatic carbocycles. The monoisotopic (exact) mass is 448 g/mol. The summed E-state index contributed by atoms with van der Waals surface area (Å²) in [6.07, 6.45) is 12.5. The zero-order valence-corrected chi connectivity index (χ0v) is 19.5. The van der Waals surface area contributed by atoms with Gasteiger partial charge in [0.05, 0.1) is 32.5 Å². The van der Waals surface area contributed by atoms with Crippen LogP contribution in [0.2, 0.25) is 0 Å². The molecule has 0 N–H and O–H groups in total. The third-order valence-corrected chi connectivity index (χ3v) is 7.56. The van der Waals surface area contributed by atoms with Crippen LogP contribution in [0.1, 0.15) is 60.9 Å². The number of rotatable bonds is 5. The molecule has 33 heavy (non-hydrogen) atoms. The number of methoxy groups -OCH3 is 2. The van der Waals surface area contributed by atoms with Crippen LogP contribution in [0.25, 0.3) is 11.0 Å². The molecule has 3 aromatic rings. The standard InChI is InChI=1S/C26H32N4O3/c1-32-22-7-6-19(23(15-22)33-2)18-30-24-20(17-28-30)14-21(16-27-24)25(31)29-12-10-26(11-13-29)8-4-3-5-9-26/h6-7,14-17H,3-5,8-13,18H2,1-2H3. The molecular weight excluding hydrogens is 416 g/mol. The number of aromatic nitrogens is 3. The van der Waals surface area contributed by atoms with Crippen molar-refractivity contribution >= 4 is 16.9 Å². The van der Waals surface area contributed by atoms with Crippen molar-refractivity contribution in [2.24, 2.45) is 5.41 Å². The summed E-state index contributed by atoms with van der Waals surface area (Å²) in [5.74, 6) is 1.57. The van der Waals surface area contributed by atoms with Gasteiger partial charge in [0, 0.05) is 36.3 Å². The van der Waals surface area contributed by atoms with Crippen LogP contribution >= 0.6 is 0 Å². The van der Waals surface area contributed by atoms with Crippen LogP contribution < -0.4 is 9.47 Å². The normalized spacial score (nSPS) is 17.9. The lowest BCUT2D eigenvalue weighted by atomic mass is 9.68. The first-order valence-corrected chi connectivity index (χ1v) is 11.9. The van der Waals surface area contributed by atoms with Gasteiger partial charge in [0.2, 0.25) is 0 Å². The Morgan fingerprint density at radius 3 is 2.52 bits per heavy atom. The van der Waals surface area contributed by atoms with Gasteiger partial charge in [-0.05, 0) is 49.3 Å². The molecule has 7 nitrogen and oxygen atoms in total. The summed E-state index contributed by atoms with van der Waals surface area (Å²) in [6, 6.07) is 7.66. The predicted octanol–water partition coefficient (Wildman–Crippen LogP) is 4.68. The fourth-order valence-electron chi connectivity index (χ4n) is 5.52. The number of hydrogen-bond acceptors (Lipinski definition) is 5. The molecule has 1 amide bonds. The number of hydrogen-bond donors (Lipinski definition) is 0. The number of carbonyl (C=O) groups excluding carboxylic acids is 1. The second-order valence-electron chi connectivity index (χ2n) is 9.47. The number of ether oxygens (including phenoxy) is 2. The summed E-state index contributed by atoms with van der Waals surface area (Å²) in [5, 5.41) is 5.39. The molecule has 1 aliphatic heterocycles. The molecule has 5 rings (SSSR count). The first-order chi connectivity index (χ1) is 16.1. The van der Waals surface area contributed by atoms with Gasteiger partial charge in [0.15, 0.2) is 5.65 Å². The third kappa shape index (κ3) is 4.28. The highest BCUT2D eigenvalue weighted by molar-refractivity contribution is 5.96. The lowest BCUT2D eigenvalue weighted by molar-refractivity contribution is 0.0472. The van der Waals surface area contributed by atoms with Gasteiger partial charge in [0.25, 0.3) is 5.91 Å². The fourth-order valence-corrected chi connectivity index (χ4v) is 5.52. The largest absolute Gasteiger partial charge is 0.497 e. The van der Waals surface area contributed by atoms with Gasteiger partial charge in [-0.15, -0.1) is 0 Å². The number of fused-ring (bicyclic) bond motifs is 1. The summed E-state index contributed by atoms with van der Waals surface area (Å²) in [4.78, 5) is 19.8. The first kappa shape index (κ1) is 21.7. The molecular formula is C26H32N4O3. The summed E-state index contributed by atoms with van der Waals surface area (Å²) < 4.78 is 12.6. The third-order valence-electron chi connectivity index (χ3n) is 7.56. The van der Waals surface area contributed by atoms with Gasteiger partial charge in [-0.2, -0.15) is 5.10 Å². The molecule has 1 spiro atoms. The zero-order valence-electron chi connectivity index (χ0n) is 19.5. The van der Waals surface area contributed by atoms with Gasteiger partial charge in [-0.1, -0.05) is 19.3 Å². The Balaban J connectivity index is 1.31. The Hall–Kier alpha value is -3.09. The van der Waals surface area contributed by atoms with Crippen molar-refractivity contribution < 1.29 is 14.3 Å². The number of likely N-dealkylation sites (tertiary alicyclic amines) is 1. The molecule has 0 bridgehead atoms. The van der Waals surface area contributed by atoms with Crippen LogP contribution in [0.3, 0.4) is 0 Å². The second kappa shape index (κ2) is 9.04. The number of benzene rings is 1. The molecule has 1 aromatic carbocycles. The van der Waals surface area contributed by atoms with E-state index in [0.717, 1.165) is 54.0 Å². The molecule has 0 radical (unpaired) electrons. The molecule has 7 heteroatoms.